The molecule has 1 atom stereocenters. The van der Waals surface area contributed by atoms with E-state index in [1.165, 1.54) is 19.2 Å². The van der Waals surface area contributed by atoms with Crippen LogP contribution >= 0.6 is 0 Å². The minimum atomic E-state index is -3.81. The third kappa shape index (κ3) is 2.86. The van der Waals surface area contributed by atoms with Crippen molar-refractivity contribution in [2.45, 2.75) is 30.7 Å². The highest BCUT2D eigenvalue weighted by Crippen LogP contribution is 2.16. The van der Waals surface area contributed by atoms with Crippen LogP contribution in [0.15, 0.2) is 23.4 Å². The Morgan fingerprint density at radius 3 is 2.53 bits per heavy atom. The number of aryl methyl sites for hydroxylation is 1. The Morgan fingerprint density at radius 2 is 2.18 bits per heavy atom. The van der Waals surface area contributed by atoms with Crippen LogP contribution in [-0.4, -0.2) is 29.6 Å². The van der Waals surface area contributed by atoms with E-state index in [0.29, 0.717) is 0 Å². The third-order valence-electron chi connectivity index (χ3n) is 2.65. The van der Waals surface area contributed by atoms with Crippen LogP contribution in [0.4, 0.5) is 0 Å². The quantitative estimate of drug-likeness (QED) is 0.809. The lowest BCUT2D eigenvalue weighted by Gasteiger charge is -2.23. The predicted molar refractivity (Wildman–Crippen MR) is 62.1 cm³/mol. The molecule has 1 aromatic heterocycles. The van der Waals surface area contributed by atoms with Gasteiger partial charge < -0.3 is 9.67 Å². The molecule has 7 heteroatoms. The maximum absolute atomic E-state index is 11.9. The molecule has 0 fully saturated rings. The molecule has 0 spiro atoms. The first kappa shape index (κ1) is 13.7. The minimum Gasteiger partial charge on any atom is -0.480 e. The smallest absolute Gasteiger partial charge is 0.324 e. The van der Waals surface area contributed by atoms with Crippen molar-refractivity contribution < 1.29 is 18.3 Å². The zero-order chi connectivity index (χ0) is 13.3. The summed E-state index contributed by atoms with van der Waals surface area (Å²) < 4.78 is 27.7. The molecule has 0 bridgehead atoms. The first-order valence-corrected chi connectivity index (χ1v) is 6.59. The summed E-state index contributed by atoms with van der Waals surface area (Å²) in [5.74, 6) is -1.19. The summed E-state index contributed by atoms with van der Waals surface area (Å²) in [5, 5.41) is 9.02. The largest absolute Gasteiger partial charge is 0.480 e. The first-order chi connectivity index (χ1) is 7.71. The summed E-state index contributed by atoms with van der Waals surface area (Å²) in [5.41, 5.74) is -1.49. The van der Waals surface area contributed by atoms with E-state index in [2.05, 4.69) is 4.72 Å². The van der Waals surface area contributed by atoms with Gasteiger partial charge in [-0.15, -0.1) is 0 Å². The molecule has 1 rings (SSSR count). The first-order valence-electron chi connectivity index (χ1n) is 5.10. The Kier molecular flexibility index (Phi) is 3.63. The zero-order valence-corrected chi connectivity index (χ0v) is 10.8. The Bertz CT molecular complexity index is 520. The molecule has 0 saturated heterocycles. The summed E-state index contributed by atoms with van der Waals surface area (Å²) in [7, 11) is -2.12. The lowest BCUT2D eigenvalue weighted by atomic mass is 10.0. The molecule has 0 radical (unpaired) electrons. The SMILES string of the molecule is CCC(C)(NS(=O)(=O)c1ccn(C)c1)C(=O)O. The van der Waals surface area contributed by atoms with Crippen molar-refractivity contribution in [3.8, 4) is 0 Å². The topological polar surface area (TPSA) is 88.4 Å². The number of hydrogen-bond acceptors (Lipinski definition) is 3. The zero-order valence-electron chi connectivity index (χ0n) is 9.97. The molecule has 0 aliphatic rings. The van der Waals surface area contributed by atoms with Gasteiger partial charge in [0.25, 0.3) is 0 Å². The summed E-state index contributed by atoms with van der Waals surface area (Å²) in [6, 6.07) is 1.42. The van der Waals surface area contributed by atoms with Crippen molar-refractivity contribution in [1.29, 1.82) is 0 Å². The van der Waals surface area contributed by atoms with Crippen molar-refractivity contribution in [1.82, 2.24) is 9.29 Å². The van der Waals surface area contributed by atoms with E-state index in [1.54, 1.807) is 24.7 Å². The van der Waals surface area contributed by atoms with Gasteiger partial charge in [-0.1, -0.05) is 6.92 Å². The predicted octanol–water partition coefficient (Wildman–Crippen LogP) is 0.557. The number of sulfonamides is 1. The van der Waals surface area contributed by atoms with E-state index in [-0.39, 0.29) is 11.3 Å². The fraction of sp³-hybridized carbons (Fsp3) is 0.500. The summed E-state index contributed by atoms with van der Waals surface area (Å²) >= 11 is 0. The molecular formula is C10H16N2O4S. The van der Waals surface area contributed by atoms with Gasteiger partial charge in [0.15, 0.2) is 0 Å². The van der Waals surface area contributed by atoms with Crippen molar-refractivity contribution >= 4 is 16.0 Å². The Balaban J connectivity index is 3.06. The number of hydrogen-bond donors (Lipinski definition) is 2. The second-order valence-electron chi connectivity index (χ2n) is 4.11. The number of carboxylic acid groups (broad SMARTS) is 1. The van der Waals surface area contributed by atoms with E-state index < -0.39 is 21.5 Å². The molecule has 96 valence electrons. The Morgan fingerprint density at radius 1 is 1.59 bits per heavy atom. The molecule has 0 amide bonds. The molecule has 17 heavy (non-hydrogen) atoms. The standard InChI is InChI=1S/C10H16N2O4S/c1-4-10(2,9(13)14)11-17(15,16)8-5-6-12(3)7-8/h5-7,11H,4H2,1-3H3,(H,13,14). The van der Waals surface area contributed by atoms with Gasteiger partial charge in [0.2, 0.25) is 10.0 Å². The van der Waals surface area contributed by atoms with Crippen LogP contribution in [0.5, 0.6) is 0 Å². The van der Waals surface area contributed by atoms with Crippen molar-refractivity contribution in [2.75, 3.05) is 0 Å². The van der Waals surface area contributed by atoms with E-state index >= 15 is 0 Å². The molecule has 0 aliphatic carbocycles. The van der Waals surface area contributed by atoms with E-state index in [4.69, 9.17) is 5.11 Å². The molecule has 1 heterocycles. The molecule has 0 aromatic carbocycles. The average molecular weight is 260 g/mol. The lowest BCUT2D eigenvalue weighted by molar-refractivity contribution is -0.143. The molecule has 0 saturated carbocycles. The second-order valence-corrected chi connectivity index (χ2v) is 5.79. The van der Waals surface area contributed by atoms with E-state index in [9.17, 15) is 13.2 Å². The second kappa shape index (κ2) is 4.50. The fourth-order valence-electron chi connectivity index (χ4n) is 1.26. The monoisotopic (exact) mass is 260 g/mol. The average Bonchev–Trinajstić information content (AvgIpc) is 2.64. The van der Waals surface area contributed by atoms with Gasteiger partial charge in [-0.3, -0.25) is 4.79 Å². The maximum Gasteiger partial charge on any atom is 0.324 e. The third-order valence-corrected chi connectivity index (χ3v) is 4.24. The van der Waals surface area contributed by atoms with Gasteiger partial charge in [0.05, 0.1) is 4.90 Å². The molecule has 6 nitrogen and oxygen atoms in total. The number of aliphatic carboxylic acids is 1. The molecule has 1 aromatic rings. The number of carboxylic acids is 1. The van der Waals surface area contributed by atoms with Crippen LogP contribution in [0.1, 0.15) is 20.3 Å². The number of aromatic nitrogens is 1. The fourth-order valence-corrected chi connectivity index (χ4v) is 2.75. The number of nitrogens with zero attached hydrogens (tertiary/aromatic N) is 1. The van der Waals surface area contributed by atoms with Gasteiger partial charge in [0, 0.05) is 19.4 Å². The highest BCUT2D eigenvalue weighted by molar-refractivity contribution is 7.89. The summed E-state index contributed by atoms with van der Waals surface area (Å²) in [6.07, 6.45) is 3.16. The Hall–Kier alpha value is -1.34. The highest BCUT2D eigenvalue weighted by atomic mass is 32.2. The molecular weight excluding hydrogens is 244 g/mol. The van der Waals surface area contributed by atoms with Crippen LogP contribution in [0, 0.1) is 0 Å². The molecule has 2 N–H and O–H groups in total. The van der Waals surface area contributed by atoms with E-state index in [1.807, 2.05) is 0 Å². The van der Waals surface area contributed by atoms with Gasteiger partial charge in [-0.2, -0.15) is 4.72 Å². The normalized spacial score (nSPS) is 15.5. The van der Waals surface area contributed by atoms with Crippen LogP contribution in [0.25, 0.3) is 0 Å². The molecule has 1 unspecified atom stereocenters. The maximum atomic E-state index is 11.9. The van der Waals surface area contributed by atoms with Crippen molar-refractivity contribution in [2.24, 2.45) is 7.05 Å². The van der Waals surface area contributed by atoms with Gasteiger partial charge in [-0.25, -0.2) is 8.42 Å². The number of nitrogens with one attached hydrogen (secondary N) is 1. The Labute approximate surface area is 100 Å². The highest BCUT2D eigenvalue weighted by Gasteiger charge is 2.36. The van der Waals surface area contributed by atoms with Gasteiger partial charge >= 0.3 is 5.97 Å². The molecule has 0 aliphatic heterocycles. The number of carbonyl (C=O) groups is 1. The van der Waals surface area contributed by atoms with Crippen LogP contribution in [0.3, 0.4) is 0 Å². The number of rotatable bonds is 5. The van der Waals surface area contributed by atoms with E-state index in [0.717, 1.165) is 0 Å². The summed E-state index contributed by atoms with van der Waals surface area (Å²) in [4.78, 5) is 11.1. The van der Waals surface area contributed by atoms with Gasteiger partial charge in [0.1, 0.15) is 5.54 Å². The minimum absolute atomic E-state index is 0.0564. The van der Waals surface area contributed by atoms with Gasteiger partial charge in [-0.05, 0) is 19.4 Å². The van der Waals surface area contributed by atoms with Crippen LogP contribution in [0.2, 0.25) is 0 Å². The van der Waals surface area contributed by atoms with Crippen LogP contribution < -0.4 is 4.72 Å². The van der Waals surface area contributed by atoms with Crippen molar-refractivity contribution in [3.05, 3.63) is 18.5 Å². The van der Waals surface area contributed by atoms with Crippen LogP contribution in [-0.2, 0) is 21.9 Å². The summed E-state index contributed by atoms with van der Waals surface area (Å²) in [6.45, 7) is 2.96. The van der Waals surface area contributed by atoms with Crippen molar-refractivity contribution in [3.63, 3.8) is 0 Å². The lowest BCUT2D eigenvalue weighted by Crippen LogP contribution is -2.51.